The minimum absolute atomic E-state index is 0.638. The lowest BCUT2D eigenvalue weighted by atomic mass is 10.3. The molecule has 0 unspecified atom stereocenters. The molecular formula is C8H6N2O. The van der Waals surface area contributed by atoms with Crippen LogP contribution in [0.5, 0.6) is 0 Å². The molecule has 1 N–H and O–H groups in total. The molecule has 0 saturated heterocycles. The van der Waals surface area contributed by atoms with E-state index in [1.54, 1.807) is 24.3 Å². The zero-order valence-electron chi connectivity index (χ0n) is 5.74. The van der Waals surface area contributed by atoms with Gasteiger partial charge in [-0.3, -0.25) is 4.79 Å². The Balaban J connectivity index is 2.67. The van der Waals surface area contributed by atoms with E-state index in [1.165, 1.54) is 6.07 Å². The molecule has 0 atom stereocenters. The van der Waals surface area contributed by atoms with Crippen LogP contribution in [0.25, 0.3) is 0 Å². The predicted molar refractivity (Wildman–Crippen MR) is 40.7 cm³/mol. The van der Waals surface area contributed by atoms with Crippen LogP contribution in [0.15, 0.2) is 30.3 Å². The van der Waals surface area contributed by atoms with Gasteiger partial charge in [-0.1, -0.05) is 18.2 Å². The number of rotatable bonds is 1. The molecule has 1 amide bonds. The molecule has 0 radical (unpaired) electrons. The van der Waals surface area contributed by atoms with Gasteiger partial charge in [0.25, 0.3) is 0 Å². The molecular weight excluding hydrogens is 140 g/mol. The Hall–Kier alpha value is -1.82. The number of para-hydroxylation sites is 1. The molecule has 1 aromatic carbocycles. The Kier molecular flexibility index (Phi) is 2.24. The van der Waals surface area contributed by atoms with Crippen LogP contribution in [-0.4, -0.2) is 5.91 Å². The van der Waals surface area contributed by atoms with Gasteiger partial charge in [-0.15, -0.1) is 0 Å². The van der Waals surface area contributed by atoms with Gasteiger partial charge in [-0.05, 0) is 12.1 Å². The Morgan fingerprint density at radius 2 is 2.00 bits per heavy atom. The number of nitriles is 1. The third-order valence-electron chi connectivity index (χ3n) is 1.13. The fraction of sp³-hybridized carbons (Fsp3) is 0. The Bertz CT molecular complexity index is 287. The normalized spacial score (nSPS) is 8.27. The van der Waals surface area contributed by atoms with Gasteiger partial charge in [0.05, 0.1) is 0 Å². The molecule has 3 heteroatoms. The minimum Gasteiger partial charge on any atom is -0.313 e. The molecule has 54 valence electrons. The van der Waals surface area contributed by atoms with E-state index in [1.807, 2.05) is 6.07 Å². The average molecular weight is 146 g/mol. The Morgan fingerprint density at radius 1 is 1.36 bits per heavy atom. The van der Waals surface area contributed by atoms with E-state index in [2.05, 4.69) is 5.32 Å². The Labute approximate surface area is 64.3 Å². The van der Waals surface area contributed by atoms with Crippen molar-refractivity contribution in [1.82, 2.24) is 0 Å². The molecule has 0 heterocycles. The number of hydrogen-bond acceptors (Lipinski definition) is 2. The van der Waals surface area contributed by atoms with E-state index in [4.69, 9.17) is 5.26 Å². The van der Waals surface area contributed by atoms with Crippen molar-refractivity contribution in [1.29, 1.82) is 5.26 Å². The first-order valence-corrected chi connectivity index (χ1v) is 3.09. The SMILES string of the molecule is N#CC(=O)Nc1ccccc1. The van der Waals surface area contributed by atoms with Crippen molar-refractivity contribution in [3.05, 3.63) is 30.3 Å². The molecule has 0 aliphatic rings. The van der Waals surface area contributed by atoms with Crippen LogP contribution in [0.3, 0.4) is 0 Å². The topological polar surface area (TPSA) is 52.9 Å². The maximum Gasteiger partial charge on any atom is 0.326 e. The van der Waals surface area contributed by atoms with Gasteiger partial charge in [0.1, 0.15) is 0 Å². The summed E-state index contributed by atoms with van der Waals surface area (Å²) in [5.74, 6) is -0.642. The van der Waals surface area contributed by atoms with E-state index in [0.29, 0.717) is 5.69 Å². The summed E-state index contributed by atoms with van der Waals surface area (Å²) in [6.45, 7) is 0. The van der Waals surface area contributed by atoms with Crippen molar-refractivity contribution in [3.63, 3.8) is 0 Å². The first-order chi connectivity index (χ1) is 5.33. The zero-order chi connectivity index (χ0) is 8.10. The van der Waals surface area contributed by atoms with Crippen molar-refractivity contribution in [3.8, 4) is 6.07 Å². The first-order valence-electron chi connectivity index (χ1n) is 3.09. The molecule has 0 aliphatic heterocycles. The second kappa shape index (κ2) is 3.37. The van der Waals surface area contributed by atoms with Crippen LogP contribution in [0.1, 0.15) is 0 Å². The number of amides is 1. The van der Waals surface area contributed by atoms with Gasteiger partial charge in [-0.2, -0.15) is 5.26 Å². The van der Waals surface area contributed by atoms with E-state index < -0.39 is 5.91 Å². The van der Waals surface area contributed by atoms with Gasteiger partial charge in [0.2, 0.25) is 0 Å². The molecule has 0 aliphatic carbocycles. The number of benzene rings is 1. The molecule has 1 aromatic rings. The average Bonchev–Trinajstić information content (AvgIpc) is 2.06. The molecule has 1 rings (SSSR count). The first kappa shape index (κ1) is 7.29. The Morgan fingerprint density at radius 3 is 2.55 bits per heavy atom. The third kappa shape index (κ3) is 2.11. The monoisotopic (exact) mass is 146 g/mol. The highest BCUT2D eigenvalue weighted by Gasteiger charge is 1.95. The summed E-state index contributed by atoms with van der Waals surface area (Å²) in [6.07, 6.45) is 0. The van der Waals surface area contributed by atoms with Crippen molar-refractivity contribution >= 4 is 11.6 Å². The maximum atomic E-state index is 10.5. The van der Waals surface area contributed by atoms with Crippen LogP contribution < -0.4 is 5.32 Å². The highest BCUT2D eigenvalue weighted by molar-refractivity contribution is 6.02. The highest BCUT2D eigenvalue weighted by Crippen LogP contribution is 2.03. The number of carbonyl (C=O) groups is 1. The number of carbonyl (C=O) groups excluding carboxylic acids is 1. The summed E-state index contributed by atoms with van der Waals surface area (Å²) in [5, 5.41) is 10.5. The van der Waals surface area contributed by atoms with Gasteiger partial charge in [-0.25, -0.2) is 0 Å². The highest BCUT2D eigenvalue weighted by atomic mass is 16.1. The third-order valence-corrected chi connectivity index (χ3v) is 1.13. The zero-order valence-corrected chi connectivity index (χ0v) is 5.74. The second-order valence-corrected chi connectivity index (χ2v) is 1.93. The molecule has 0 bridgehead atoms. The second-order valence-electron chi connectivity index (χ2n) is 1.93. The van der Waals surface area contributed by atoms with Crippen LogP contribution in [0, 0.1) is 11.3 Å². The molecule has 0 aromatic heterocycles. The van der Waals surface area contributed by atoms with Crippen LogP contribution in [-0.2, 0) is 4.79 Å². The smallest absolute Gasteiger partial charge is 0.313 e. The summed E-state index contributed by atoms with van der Waals surface area (Å²) in [6, 6.07) is 10.3. The molecule has 0 saturated carbocycles. The number of hydrogen-bond donors (Lipinski definition) is 1. The van der Waals surface area contributed by atoms with E-state index in [9.17, 15) is 4.79 Å². The fourth-order valence-electron chi connectivity index (χ4n) is 0.681. The van der Waals surface area contributed by atoms with Gasteiger partial charge in [0.15, 0.2) is 6.07 Å². The summed E-state index contributed by atoms with van der Waals surface area (Å²) in [4.78, 5) is 10.5. The number of anilines is 1. The van der Waals surface area contributed by atoms with Gasteiger partial charge in [0, 0.05) is 5.69 Å². The standard InChI is InChI=1S/C8H6N2O/c9-6-8(11)10-7-4-2-1-3-5-7/h1-5H,(H,10,11). The largest absolute Gasteiger partial charge is 0.326 e. The molecule has 0 spiro atoms. The summed E-state index contributed by atoms with van der Waals surface area (Å²) in [5.41, 5.74) is 0.638. The lowest BCUT2D eigenvalue weighted by Crippen LogP contribution is -2.07. The van der Waals surface area contributed by atoms with E-state index >= 15 is 0 Å². The van der Waals surface area contributed by atoms with Crippen molar-refractivity contribution < 1.29 is 4.79 Å². The van der Waals surface area contributed by atoms with Gasteiger partial charge < -0.3 is 5.32 Å². The van der Waals surface area contributed by atoms with Crippen molar-refractivity contribution in [2.75, 3.05) is 5.32 Å². The number of nitrogens with zero attached hydrogens (tertiary/aromatic N) is 1. The van der Waals surface area contributed by atoms with Crippen LogP contribution in [0.4, 0.5) is 5.69 Å². The molecule has 11 heavy (non-hydrogen) atoms. The predicted octanol–water partition coefficient (Wildman–Crippen LogP) is 1.15. The molecule has 0 fully saturated rings. The summed E-state index contributed by atoms with van der Waals surface area (Å²) in [7, 11) is 0. The van der Waals surface area contributed by atoms with Crippen molar-refractivity contribution in [2.45, 2.75) is 0 Å². The lowest BCUT2D eigenvalue weighted by Gasteiger charge is -1.96. The summed E-state index contributed by atoms with van der Waals surface area (Å²) < 4.78 is 0. The quantitative estimate of drug-likeness (QED) is 0.604. The van der Waals surface area contributed by atoms with Crippen LogP contribution in [0.2, 0.25) is 0 Å². The van der Waals surface area contributed by atoms with E-state index in [0.717, 1.165) is 0 Å². The van der Waals surface area contributed by atoms with Gasteiger partial charge >= 0.3 is 5.91 Å². The maximum absolute atomic E-state index is 10.5. The fourth-order valence-corrected chi connectivity index (χ4v) is 0.681. The minimum atomic E-state index is -0.642. The van der Waals surface area contributed by atoms with E-state index in [-0.39, 0.29) is 0 Å². The summed E-state index contributed by atoms with van der Waals surface area (Å²) >= 11 is 0. The van der Waals surface area contributed by atoms with Crippen molar-refractivity contribution in [2.24, 2.45) is 0 Å². The number of nitrogens with one attached hydrogen (secondary N) is 1. The lowest BCUT2D eigenvalue weighted by molar-refractivity contribution is -0.111. The molecule has 3 nitrogen and oxygen atoms in total. The van der Waals surface area contributed by atoms with Crippen LogP contribution >= 0.6 is 0 Å².